The summed E-state index contributed by atoms with van der Waals surface area (Å²) in [6, 6.07) is 10.7. The number of anilines is 1. The maximum Gasteiger partial charge on any atom is 0.285 e. The Balaban J connectivity index is 0.00000169. The number of carbonyl (C=O) groups excluding carboxylic acids is 1. The van der Waals surface area contributed by atoms with Gasteiger partial charge in [0.25, 0.3) is 11.5 Å². The summed E-state index contributed by atoms with van der Waals surface area (Å²) in [6.07, 6.45) is 1.48. The summed E-state index contributed by atoms with van der Waals surface area (Å²) in [4.78, 5) is 35.0. The quantitative estimate of drug-likeness (QED) is 0.697. The molecule has 122 valence electrons. The van der Waals surface area contributed by atoms with Gasteiger partial charge in [-0.05, 0) is 24.3 Å². The van der Waals surface area contributed by atoms with E-state index in [0.717, 1.165) is 23.3 Å². The van der Waals surface area contributed by atoms with Crippen LogP contribution in [0.25, 0.3) is 10.9 Å². The molecule has 0 saturated heterocycles. The SMILES string of the molecule is Cl.O=C(N=c1nc2ccccc2c2n1CCN2)c1ccc[nH]c1=O. The monoisotopic (exact) mass is 343 g/mol. The Morgan fingerprint density at radius 1 is 1.21 bits per heavy atom. The first-order valence-corrected chi connectivity index (χ1v) is 7.24. The van der Waals surface area contributed by atoms with E-state index in [9.17, 15) is 9.59 Å². The lowest BCUT2D eigenvalue weighted by Gasteiger charge is -2.07. The maximum atomic E-state index is 12.3. The van der Waals surface area contributed by atoms with Crippen LogP contribution in [0.4, 0.5) is 5.82 Å². The molecule has 4 rings (SSSR count). The van der Waals surface area contributed by atoms with Crippen molar-refractivity contribution in [2.45, 2.75) is 6.54 Å². The van der Waals surface area contributed by atoms with Crippen LogP contribution >= 0.6 is 12.4 Å². The molecule has 8 heteroatoms. The number of nitrogens with zero attached hydrogens (tertiary/aromatic N) is 3. The Morgan fingerprint density at radius 2 is 2.04 bits per heavy atom. The fourth-order valence-corrected chi connectivity index (χ4v) is 2.70. The zero-order valence-electron chi connectivity index (χ0n) is 12.5. The van der Waals surface area contributed by atoms with Crippen LogP contribution in [0.3, 0.4) is 0 Å². The molecule has 0 aliphatic carbocycles. The van der Waals surface area contributed by atoms with Crippen molar-refractivity contribution in [3.05, 3.63) is 64.1 Å². The van der Waals surface area contributed by atoms with E-state index in [0.29, 0.717) is 12.2 Å². The zero-order chi connectivity index (χ0) is 15.8. The van der Waals surface area contributed by atoms with Gasteiger partial charge < -0.3 is 10.3 Å². The molecule has 3 heterocycles. The van der Waals surface area contributed by atoms with Gasteiger partial charge in [-0.3, -0.25) is 14.2 Å². The number of fused-ring (bicyclic) bond motifs is 3. The second kappa shape index (κ2) is 6.29. The van der Waals surface area contributed by atoms with Gasteiger partial charge in [0.1, 0.15) is 11.4 Å². The molecule has 0 radical (unpaired) electrons. The highest BCUT2D eigenvalue weighted by atomic mass is 35.5. The highest BCUT2D eigenvalue weighted by molar-refractivity contribution is 5.94. The molecule has 0 spiro atoms. The van der Waals surface area contributed by atoms with Gasteiger partial charge in [-0.25, -0.2) is 4.98 Å². The number of hydrogen-bond donors (Lipinski definition) is 2. The van der Waals surface area contributed by atoms with Crippen LogP contribution in [0.5, 0.6) is 0 Å². The summed E-state index contributed by atoms with van der Waals surface area (Å²) >= 11 is 0. The van der Waals surface area contributed by atoms with Crippen LogP contribution in [0.15, 0.2) is 52.4 Å². The molecule has 1 amide bonds. The number of aromatic nitrogens is 3. The van der Waals surface area contributed by atoms with E-state index in [1.165, 1.54) is 12.3 Å². The number of pyridine rings is 1. The fourth-order valence-electron chi connectivity index (χ4n) is 2.70. The number of nitrogens with one attached hydrogen (secondary N) is 2. The minimum absolute atomic E-state index is 0. The first-order chi connectivity index (χ1) is 11.2. The van der Waals surface area contributed by atoms with Crippen LogP contribution in [-0.4, -0.2) is 27.0 Å². The van der Waals surface area contributed by atoms with Gasteiger partial charge in [0, 0.05) is 24.7 Å². The predicted molar refractivity (Wildman–Crippen MR) is 92.4 cm³/mol. The van der Waals surface area contributed by atoms with E-state index < -0.39 is 11.5 Å². The van der Waals surface area contributed by atoms with E-state index in [-0.39, 0.29) is 18.0 Å². The number of benzene rings is 1. The molecule has 24 heavy (non-hydrogen) atoms. The van der Waals surface area contributed by atoms with Crippen molar-refractivity contribution in [2.75, 3.05) is 11.9 Å². The van der Waals surface area contributed by atoms with E-state index in [2.05, 4.69) is 20.3 Å². The molecule has 0 atom stereocenters. The Bertz CT molecular complexity index is 1050. The van der Waals surface area contributed by atoms with Gasteiger partial charge in [-0.15, -0.1) is 12.4 Å². The second-order valence-electron chi connectivity index (χ2n) is 5.19. The summed E-state index contributed by atoms with van der Waals surface area (Å²) < 4.78 is 1.86. The number of H-pyrrole nitrogens is 1. The lowest BCUT2D eigenvalue weighted by molar-refractivity contribution is 0.0995. The summed E-state index contributed by atoms with van der Waals surface area (Å²) in [6.45, 7) is 1.42. The highest BCUT2D eigenvalue weighted by Gasteiger charge is 2.16. The van der Waals surface area contributed by atoms with E-state index in [4.69, 9.17) is 0 Å². The smallest absolute Gasteiger partial charge is 0.285 e. The molecule has 1 aliphatic rings. The third-order valence-electron chi connectivity index (χ3n) is 3.77. The van der Waals surface area contributed by atoms with Crippen LogP contribution < -0.4 is 16.5 Å². The molecule has 7 nitrogen and oxygen atoms in total. The molecule has 2 N–H and O–H groups in total. The first kappa shape index (κ1) is 15.9. The minimum Gasteiger partial charge on any atom is -0.369 e. The Morgan fingerprint density at radius 3 is 2.88 bits per heavy atom. The molecule has 1 aromatic carbocycles. The van der Waals surface area contributed by atoms with Gasteiger partial charge in [0.05, 0.1) is 5.52 Å². The normalized spacial score (nSPS) is 13.2. The lowest BCUT2D eigenvalue weighted by Crippen LogP contribution is -2.26. The fraction of sp³-hybridized carbons (Fsp3) is 0.125. The number of rotatable bonds is 1. The van der Waals surface area contributed by atoms with Gasteiger partial charge in [0.2, 0.25) is 5.62 Å². The number of carbonyl (C=O) groups is 1. The minimum atomic E-state index is -0.601. The van der Waals surface area contributed by atoms with Crippen molar-refractivity contribution in [1.82, 2.24) is 14.5 Å². The van der Waals surface area contributed by atoms with Crippen LogP contribution in [0.2, 0.25) is 0 Å². The third-order valence-corrected chi connectivity index (χ3v) is 3.77. The summed E-state index contributed by atoms with van der Waals surface area (Å²) in [5.74, 6) is 0.292. The van der Waals surface area contributed by atoms with Crippen molar-refractivity contribution in [1.29, 1.82) is 0 Å². The Labute approximate surface area is 142 Å². The molecular formula is C16H14ClN5O2. The summed E-state index contributed by atoms with van der Waals surface area (Å²) in [5.41, 5.74) is 0.600. The zero-order valence-corrected chi connectivity index (χ0v) is 13.3. The third kappa shape index (κ3) is 2.59. The van der Waals surface area contributed by atoms with E-state index in [1.807, 2.05) is 28.8 Å². The molecule has 3 aromatic rings. The van der Waals surface area contributed by atoms with Crippen molar-refractivity contribution in [3.8, 4) is 0 Å². The van der Waals surface area contributed by atoms with E-state index in [1.54, 1.807) is 6.07 Å². The van der Waals surface area contributed by atoms with Crippen LogP contribution in [0, 0.1) is 0 Å². The Kier molecular flexibility index (Phi) is 4.18. The molecular weight excluding hydrogens is 330 g/mol. The van der Waals surface area contributed by atoms with Gasteiger partial charge in [0.15, 0.2) is 0 Å². The van der Waals surface area contributed by atoms with Gasteiger partial charge in [-0.2, -0.15) is 4.99 Å². The van der Waals surface area contributed by atoms with E-state index >= 15 is 0 Å². The van der Waals surface area contributed by atoms with Crippen molar-refractivity contribution >= 4 is 35.0 Å². The number of halogens is 1. The molecule has 0 bridgehead atoms. The van der Waals surface area contributed by atoms with Crippen LogP contribution in [-0.2, 0) is 6.54 Å². The number of para-hydroxylation sites is 1. The largest absolute Gasteiger partial charge is 0.369 e. The Hall–Kier alpha value is -2.93. The maximum absolute atomic E-state index is 12.3. The lowest BCUT2D eigenvalue weighted by atomic mass is 10.2. The summed E-state index contributed by atoms with van der Waals surface area (Å²) in [5, 5.41) is 4.27. The number of amides is 1. The van der Waals surface area contributed by atoms with Crippen molar-refractivity contribution in [3.63, 3.8) is 0 Å². The highest BCUT2D eigenvalue weighted by Crippen LogP contribution is 2.22. The van der Waals surface area contributed by atoms with Gasteiger partial charge >= 0.3 is 0 Å². The molecule has 0 saturated carbocycles. The predicted octanol–water partition coefficient (Wildman–Crippen LogP) is 1.31. The topological polar surface area (TPSA) is 92.1 Å². The first-order valence-electron chi connectivity index (χ1n) is 7.24. The average molecular weight is 344 g/mol. The standard InChI is InChI=1S/C16H13N5O2.ClH/c22-14-11(5-3-7-18-14)15(23)20-16-19-12-6-2-1-4-10(12)13-17-8-9-21(13)16;/h1-7,17H,8-9H2,(H,18,22);1H. The molecule has 0 unspecified atom stereocenters. The number of hydrogen-bond acceptors (Lipinski definition) is 4. The average Bonchev–Trinajstić information content (AvgIpc) is 3.05. The molecule has 0 fully saturated rings. The van der Waals surface area contributed by atoms with Crippen LogP contribution in [0.1, 0.15) is 10.4 Å². The molecule has 1 aliphatic heterocycles. The van der Waals surface area contributed by atoms with Crippen molar-refractivity contribution < 1.29 is 4.79 Å². The van der Waals surface area contributed by atoms with Gasteiger partial charge in [-0.1, -0.05) is 12.1 Å². The second-order valence-corrected chi connectivity index (χ2v) is 5.19. The number of aromatic amines is 1. The molecule has 2 aromatic heterocycles. The summed E-state index contributed by atoms with van der Waals surface area (Å²) in [7, 11) is 0. The van der Waals surface area contributed by atoms with Crippen molar-refractivity contribution in [2.24, 2.45) is 4.99 Å².